The summed E-state index contributed by atoms with van der Waals surface area (Å²) in [6.07, 6.45) is 3.63. The summed E-state index contributed by atoms with van der Waals surface area (Å²) in [6.45, 7) is 4.29. The Labute approximate surface area is 183 Å². The average Bonchev–Trinajstić information content (AvgIpc) is 3.48. The second kappa shape index (κ2) is 9.40. The molecule has 164 valence electrons. The van der Waals surface area contributed by atoms with E-state index in [1.54, 1.807) is 41.9 Å². The van der Waals surface area contributed by atoms with Crippen molar-refractivity contribution in [2.45, 2.75) is 17.8 Å². The van der Waals surface area contributed by atoms with E-state index in [-0.39, 0.29) is 18.4 Å². The number of nitrogens with one attached hydrogen (secondary N) is 1. The molecule has 11 heteroatoms. The Bertz CT molecular complexity index is 1050. The molecule has 1 aliphatic rings. The normalized spacial score (nSPS) is 14.7. The summed E-state index contributed by atoms with van der Waals surface area (Å²) < 4.78 is 12.6. The van der Waals surface area contributed by atoms with Crippen LogP contribution in [0.2, 0.25) is 0 Å². The number of hydrogen-bond acceptors (Lipinski definition) is 8. The molecule has 31 heavy (non-hydrogen) atoms. The van der Waals surface area contributed by atoms with Gasteiger partial charge in [-0.2, -0.15) is 0 Å². The molecule has 0 bridgehead atoms. The summed E-state index contributed by atoms with van der Waals surface area (Å²) in [5, 5.41) is 7.36. The van der Waals surface area contributed by atoms with E-state index < -0.39 is 0 Å². The molecule has 1 saturated heterocycles. The number of aryl methyl sites for hydroxylation is 2. The summed E-state index contributed by atoms with van der Waals surface area (Å²) >= 11 is 1.55. The van der Waals surface area contributed by atoms with Crippen molar-refractivity contribution >= 4 is 29.4 Å². The first-order valence-electron chi connectivity index (χ1n) is 9.91. The zero-order chi connectivity index (χ0) is 21.8. The number of anilines is 1. The van der Waals surface area contributed by atoms with Gasteiger partial charge < -0.3 is 23.7 Å². The lowest BCUT2D eigenvalue weighted by atomic mass is 10.3. The standard InChI is InChI=1S/C20H24N6O4S/c1-14-11-17(23-30-14)22-18(27)12-25-7-9-26(10-8-25)19(28)16-4-3-15(29-16)13-31-20-21-5-6-24(20)2/h3-6,11H,7-10,12-13H2,1-2H3,(H,22,23,27). The van der Waals surface area contributed by atoms with Gasteiger partial charge in [-0.3, -0.25) is 14.5 Å². The molecule has 10 nitrogen and oxygen atoms in total. The van der Waals surface area contributed by atoms with E-state index >= 15 is 0 Å². The Balaban J connectivity index is 1.23. The van der Waals surface area contributed by atoms with Crippen molar-refractivity contribution in [3.05, 3.63) is 47.9 Å². The van der Waals surface area contributed by atoms with Crippen LogP contribution in [0.25, 0.3) is 0 Å². The fourth-order valence-electron chi connectivity index (χ4n) is 3.27. The van der Waals surface area contributed by atoms with E-state index in [1.165, 1.54) is 0 Å². The number of nitrogens with zero attached hydrogens (tertiary/aromatic N) is 5. The van der Waals surface area contributed by atoms with E-state index in [1.807, 2.05) is 28.8 Å². The van der Waals surface area contributed by atoms with Crippen LogP contribution < -0.4 is 5.32 Å². The molecule has 4 rings (SSSR count). The minimum atomic E-state index is -0.158. The highest BCUT2D eigenvalue weighted by atomic mass is 32.2. The fraction of sp³-hybridized carbons (Fsp3) is 0.400. The molecule has 0 unspecified atom stereocenters. The number of hydrogen-bond donors (Lipinski definition) is 1. The molecule has 3 aromatic rings. The molecule has 0 atom stereocenters. The molecule has 1 aliphatic heterocycles. The van der Waals surface area contributed by atoms with Crippen LogP contribution in [0, 0.1) is 6.92 Å². The van der Waals surface area contributed by atoms with Crippen LogP contribution in [0.15, 0.2) is 44.7 Å². The lowest BCUT2D eigenvalue weighted by Crippen LogP contribution is -2.50. The van der Waals surface area contributed by atoms with Crippen LogP contribution >= 0.6 is 11.8 Å². The third kappa shape index (κ3) is 5.36. The highest BCUT2D eigenvalue weighted by molar-refractivity contribution is 7.98. The molecule has 0 spiro atoms. The Morgan fingerprint density at radius 1 is 1.23 bits per heavy atom. The molecule has 1 fully saturated rings. The zero-order valence-electron chi connectivity index (χ0n) is 17.4. The molecular formula is C20H24N6O4S. The first-order valence-corrected chi connectivity index (χ1v) is 10.9. The number of aromatic nitrogens is 3. The predicted octanol–water partition coefficient (Wildman–Crippen LogP) is 2.00. The lowest BCUT2D eigenvalue weighted by molar-refractivity contribution is -0.117. The molecule has 4 heterocycles. The third-order valence-electron chi connectivity index (χ3n) is 4.92. The van der Waals surface area contributed by atoms with E-state index in [0.29, 0.717) is 49.3 Å². The monoisotopic (exact) mass is 444 g/mol. The maximum absolute atomic E-state index is 12.8. The summed E-state index contributed by atoms with van der Waals surface area (Å²) in [4.78, 5) is 32.9. The maximum atomic E-state index is 12.8. The smallest absolute Gasteiger partial charge is 0.289 e. The SMILES string of the molecule is Cc1cc(NC(=O)CN2CCN(C(=O)c3ccc(CSc4nccn4C)o3)CC2)no1. The Morgan fingerprint density at radius 2 is 2.03 bits per heavy atom. The zero-order valence-corrected chi connectivity index (χ0v) is 18.2. The van der Waals surface area contributed by atoms with Crippen molar-refractivity contribution in [2.75, 3.05) is 38.0 Å². The van der Waals surface area contributed by atoms with Crippen LogP contribution in [-0.4, -0.2) is 69.0 Å². The molecule has 3 aromatic heterocycles. The largest absolute Gasteiger partial charge is 0.455 e. The second-order valence-corrected chi connectivity index (χ2v) is 8.26. The highest BCUT2D eigenvalue weighted by Gasteiger charge is 2.25. The van der Waals surface area contributed by atoms with Crippen LogP contribution in [-0.2, 0) is 17.6 Å². The average molecular weight is 445 g/mol. The van der Waals surface area contributed by atoms with Crippen molar-refractivity contribution in [1.29, 1.82) is 0 Å². The second-order valence-electron chi connectivity index (χ2n) is 7.31. The van der Waals surface area contributed by atoms with Gasteiger partial charge in [0.15, 0.2) is 16.7 Å². The first-order chi connectivity index (χ1) is 15.0. The number of carbonyl (C=O) groups is 2. The van der Waals surface area contributed by atoms with Gasteiger partial charge in [0, 0.05) is 51.7 Å². The minimum Gasteiger partial charge on any atom is -0.455 e. The lowest BCUT2D eigenvalue weighted by Gasteiger charge is -2.33. The third-order valence-corrected chi connectivity index (χ3v) is 6.00. The molecule has 0 aromatic carbocycles. The number of piperazine rings is 1. The van der Waals surface area contributed by atoms with E-state index in [4.69, 9.17) is 8.94 Å². The Kier molecular flexibility index (Phi) is 6.42. The van der Waals surface area contributed by atoms with Crippen molar-refractivity contribution in [2.24, 2.45) is 7.05 Å². The first kappa shape index (κ1) is 21.2. The van der Waals surface area contributed by atoms with Gasteiger partial charge in [-0.15, -0.1) is 0 Å². The molecule has 0 aliphatic carbocycles. The van der Waals surface area contributed by atoms with Crippen molar-refractivity contribution in [1.82, 2.24) is 24.5 Å². The Morgan fingerprint density at radius 3 is 2.71 bits per heavy atom. The van der Waals surface area contributed by atoms with Crippen LogP contribution in [0.1, 0.15) is 22.1 Å². The molecule has 2 amide bonds. The van der Waals surface area contributed by atoms with Crippen molar-refractivity contribution < 1.29 is 18.5 Å². The molecule has 0 radical (unpaired) electrons. The highest BCUT2D eigenvalue weighted by Crippen LogP contribution is 2.22. The van der Waals surface area contributed by atoms with Gasteiger partial charge in [0.05, 0.1) is 12.3 Å². The number of thioether (sulfide) groups is 1. The van der Waals surface area contributed by atoms with Crippen LogP contribution in [0.3, 0.4) is 0 Å². The van der Waals surface area contributed by atoms with Gasteiger partial charge in [0.1, 0.15) is 11.5 Å². The molecular weight excluding hydrogens is 420 g/mol. The van der Waals surface area contributed by atoms with Gasteiger partial charge in [0.2, 0.25) is 5.91 Å². The van der Waals surface area contributed by atoms with E-state index in [0.717, 1.165) is 10.9 Å². The maximum Gasteiger partial charge on any atom is 0.289 e. The van der Waals surface area contributed by atoms with Gasteiger partial charge >= 0.3 is 0 Å². The molecule has 1 N–H and O–H groups in total. The predicted molar refractivity (Wildman–Crippen MR) is 114 cm³/mol. The number of rotatable bonds is 7. The van der Waals surface area contributed by atoms with Gasteiger partial charge in [0.25, 0.3) is 5.91 Å². The number of imidazole rings is 1. The van der Waals surface area contributed by atoms with Crippen molar-refractivity contribution in [3.8, 4) is 0 Å². The van der Waals surface area contributed by atoms with Crippen LogP contribution in [0.5, 0.6) is 0 Å². The van der Waals surface area contributed by atoms with Gasteiger partial charge in [-0.25, -0.2) is 4.98 Å². The summed E-state index contributed by atoms with van der Waals surface area (Å²) in [5.74, 6) is 2.43. The van der Waals surface area contributed by atoms with Crippen LogP contribution in [0.4, 0.5) is 5.82 Å². The minimum absolute atomic E-state index is 0.129. The fourth-order valence-corrected chi connectivity index (χ4v) is 4.10. The van der Waals surface area contributed by atoms with Crippen molar-refractivity contribution in [3.63, 3.8) is 0 Å². The van der Waals surface area contributed by atoms with Gasteiger partial charge in [-0.05, 0) is 19.1 Å². The molecule has 0 saturated carbocycles. The quantitative estimate of drug-likeness (QED) is 0.551. The van der Waals surface area contributed by atoms with E-state index in [2.05, 4.69) is 15.5 Å². The number of furan rings is 1. The van der Waals surface area contributed by atoms with E-state index in [9.17, 15) is 9.59 Å². The number of amides is 2. The summed E-state index contributed by atoms with van der Waals surface area (Å²) in [5.41, 5.74) is 0. The number of carbonyl (C=O) groups excluding carboxylic acids is 2. The Hall–Kier alpha value is -3.05. The topological polar surface area (TPSA) is 110 Å². The van der Waals surface area contributed by atoms with Gasteiger partial charge in [-0.1, -0.05) is 16.9 Å². The summed E-state index contributed by atoms with van der Waals surface area (Å²) in [7, 11) is 1.94. The summed E-state index contributed by atoms with van der Waals surface area (Å²) in [6, 6.07) is 5.22.